The first-order valence-corrected chi connectivity index (χ1v) is 11.5. The number of fused-ring (bicyclic) bond motifs is 5. The van der Waals surface area contributed by atoms with Crippen LogP contribution >= 0.6 is 0 Å². The van der Waals surface area contributed by atoms with Crippen molar-refractivity contribution in [3.63, 3.8) is 0 Å². The lowest BCUT2D eigenvalue weighted by Gasteiger charge is -2.68. The van der Waals surface area contributed by atoms with Crippen molar-refractivity contribution in [2.45, 2.75) is 81.4 Å². The second-order valence-corrected chi connectivity index (χ2v) is 11.0. The molecule has 1 heterocycles. The number of esters is 1. The minimum atomic E-state index is -1.52. The molecule has 10 atom stereocenters. The van der Waals surface area contributed by atoms with Crippen molar-refractivity contribution in [2.24, 2.45) is 28.6 Å². The Balaban J connectivity index is 1.58. The van der Waals surface area contributed by atoms with E-state index in [2.05, 4.69) is 0 Å². The van der Waals surface area contributed by atoms with Gasteiger partial charge < -0.3 is 35.4 Å². The van der Waals surface area contributed by atoms with Gasteiger partial charge in [-0.2, -0.15) is 0 Å². The Hall–Kier alpha value is -1.03. The fraction of sp³-hybridized carbons (Fsp3) is 0.870. The zero-order valence-corrected chi connectivity index (χ0v) is 17.9. The quantitative estimate of drug-likeness (QED) is 0.320. The van der Waals surface area contributed by atoms with Crippen LogP contribution in [0.3, 0.4) is 0 Å². The number of rotatable bonds is 2. The summed E-state index contributed by atoms with van der Waals surface area (Å²) in [4.78, 5) is 11.7. The minimum Gasteiger partial charge on any atom is -0.458 e. The Morgan fingerprint density at radius 1 is 1.13 bits per heavy atom. The highest BCUT2D eigenvalue weighted by Crippen LogP contribution is 2.70. The van der Waals surface area contributed by atoms with Crippen LogP contribution in [0.2, 0.25) is 0 Å². The number of aliphatic hydroxyl groups is 6. The largest absolute Gasteiger partial charge is 0.458 e. The normalized spacial score (nSPS) is 56.4. The summed E-state index contributed by atoms with van der Waals surface area (Å²) >= 11 is 0. The molecule has 1 aliphatic heterocycles. The predicted molar refractivity (Wildman–Crippen MR) is 107 cm³/mol. The van der Waals surface area contributed by atoms with Crippen LogP contribution < -0.4 is 0 Å². The van der Waals surface area contributed by atoms with Crippen LogP contribution in [-0.4, -0.2) is 79.3 Å². The maximum atomic E-state index is 12.1. The molecule has 0 spiro atoms. The molecule has 4 fully saturated rings. The molecule has 4 aliphatic carbocycles. The molecule has 8 heteroatoms. The number of carbonyl (C=O) groups is 1. The van der Waals surface area contributed by atoms with Gasteiger partial charge in [0.05, 0.1) is 41.5 Å². The Bertz CT molecular complexity index is 813. The topological polar surface area (TPSA) is 148 Å². The molecular weight excluding hydrogens is 404 g/mol. The standard InChI is InChI=1S/C23H34O8/c1-20-9-16(26)19-15(23(20,30)5-3-14(20)12-6-18(28)31-10-12)2-4-21(29)8-13(25)7-17(27)22(19,21)11-24/h6,13-17,19,24-27,29-30H,2-5,7-11H2,1H3/t13-,14+,15+,16-,17+,19+,20+,21+,22+,23+/m0/s1. The molecule has 8 nitrogen and oxygen atoms in total. The van der Waals surface area contributed by atoms with Gasteiger partial charge in [-0.1, -0.05) is 6.92 Å². The van der Waals surface area contributed by atoms with E-state index in [4.69, 9.17) is 4.74 Å². The van der Waals surface area contributed by atoms with Crippen molar-refractivity contribution in [1.82, 2.24) is 0 Å². The van der Waals surface area contributed by atoms with Crippen molar-refractivity contribution in [3.8, 4) is 0 Å². The molecule has 31 heavy (non-hydrogen) atoms. The summed E-state index contributed by atoms with van der Waals surface area (Å²) in [5, 5.41) is 67.0. The lowest BCUT2D eigenvalue weighted by molar-refractivity contribution is -0.317. The van der Waals surface area contributed by atoms with E-state index in [1.54, 1.807) is 0 Å². The third-order valence-electron chi connectivity index (χ3n) is 10.1. The second kappa shape index (κ2) is 6.74. The highest BCUT2D eigenvalue weighted by Gasteiger charge is 2.75. The Morgan fingerprint density at radius 3 is 2.52 bits per heavy atom. The van der Waals surface area contributed by atoms with Gasteiger partial charge in [0.25, 0.3) is 0 Å². The van der Waals surface area contributed by atoms with Crippen LogP contribution in [0.5, 0.6) is 0 Å². The summed E-state index contributed by atoms with van der Waals surface area (Å²) in [6.07, 6.45) is 0.531. The Morgan fingerprint density at radius 2 is 1.87 bits per heavy atom. The van der Waals surface area contributed by atoms with Crippen LogP contribution in [0.4, 0.5) is 0 Å². The maximum absolute atomic E-state index is 12.1. The summed E-state index contributed by atoms with van der Waals surface area (Å²) in [7, 11) is 0. The van der Waals surface area contributed by atoms with E-state index in [9.17, 15) is 35.4 Å². The Kier molecular flexibility index (Phi) is 4.74. The van der Waals surface area contributed by atoms with Gasteiger partial charge in [-0.3, -0.25) is 0 Å². The lowest BCUT2D eigenvalue weighted by Crippen LogP contribution is -2.75. The van der Waals surface area contributed by atoms with E-state index >= 15 is 0 Å². The molecule has 0 amide bonds. The molecule has 6 N–H and O–H groups in total. The fourth-order valence-corrected chi connectivity index (χ4v) is 8.69. The molecule has 5 rings (SSSR count). The van der Waals surface area contributed by atoms with E-state index in [1.165, 1.54) is 6.08 Å². The fourth-order valence-electron chi connectivity index (χ4n) is 8.69. The van der Waals surface area contributed by atoms with Gasteiger partial charge in [0.2, 0.25) is 0 Å². The summed E-state index contributed by atoms with van der Waals surface area (Å²) in [5.41, 5.74) is -3.95. The van der Waals surface area contributed by atoms with Crippen molar-refractivity contribution in [2.75, 3.05) is 13.2 Å². The Labute approximate surface area is 181 Å². The first-order chi connectivity index (χ1) is 14.5. The van der Waals surface area contributed by atoms with Crippen molar-refractivity contribution >= 4 is 5.97 Å². The van der Waals surface area contributed by atoms with Crippen LogP contribution in [0.1, 0.15) is 51.9 Å². The average molecular weight is 439 g/mol. The first-order valence-electron chi connectivity index (χ1n) is 11.5. The third-order valence-corrected chi connectivity index (χ3v) is 10.1. The molecular formula is C23H34O8. The summed E-state index contributed by atoms with van der Waals surface area (Å²) < 4.78 is 5.11. The van der Waals surface area contributed by atoms with Crippen molar-refractivity contribution in [3.05, 3.63) is 11.6 Å². The molecule has 4 saturated carbocycles. The van der Waals surface area contributed by atoms with E-state index in [0.29, 0.717) is 19.3 Å². The number of cyclic esters (lactones) is 1. The van der Waals surface area contributed by atoms with Gasteiger partial charge in [-0.05, 0) is 49.5 Å². The van der Waals surface area contributed by atoms with Crippen molar-refractivity contribution < 1.29 is 40.2 Å². The number of aliphatic hydroxyl groups excluding tert-OH is 4. The highest BCUT2D eigenvalue weighted by molar-refractivity contribution is 5.85. The van der Waals surface area contributed by atoms with E-state index in [1.807, 2.05) is 6.92 Å². The molecule has 0 aromatic heterocycles. The van der Waals surface area contributed by atoms with E-state index in [0.717, 1.165) is 5.57 Å². The van der Waals surface area contributed by atoms with E-state index in [-0.39, 0.29) is 44.2 Å². The van der Waals surface area contributed by atoms with Gasteiger partial charge in [0, 0.05) is 30.3 Å². The van der Waals surface area contributed by atoms with E-state index < -0.39 is 58.8 Å². The molecule has 0 bridgehead atoms. The summed E-state index contributed by atoms with van der Waals surface area (Å²) in [6, 6.07) is 0. The van der Waals surface area contributed by atoms with Crippen molar-refractivity contribution in [1.29, 1.82) is 0 Å². The maximum Gasteiger partial charge on any atom is 0.331 e. The molecule has 5 aliphatic rings. The number of ether oxygens (including phenoxy) is 1. The number of carbonyl (C=O) groups excluding carboxylic acids is 1. The highest BCUT2D eigenvalue weighted by atomic mass is 16.5. The predicted octanol–water partition coefficient (Wildman–Crippen LogP) is -0.367. The van der Waals surface area contributed by atoms with Gasteiger partial charge in [0.1, 0.15) is 6.61 Å². The molecule has 174 valence electrons. The zero-order chi connectivity index (χ0) is 22.4. The van der Waals surface area contributed by atoms with Crippen LogP contribution in [0.25, 0.3) is 0 Å². The first kappa shape index (κ1) is 21.8. The molecule has 0 unspecified atom stereocenters. The molecule has 0 saturated heterocycles. The average Bonchev–Trinajstić information content (AvgIpc) is 3.21. The van der Waals surface area contributed by atoms with Gasteiger partial charge in [0.15, 0.2) is 0 Å². The number of hydrogen-bond donors (Lipinski definition) is 6. The van der Waals surface area contributed by atoms with Gasteiger partial charge in [-0.25, -0.2) is 4.79 Å². The monoisotopic (exact) mass is 438 g/mol. The summed E-state index contributed by atoms with van der Waals surface area (Å²) in [5.74, 6) is -1.62. The third kappa shape index (κ3) is 2.55. The molecule has 0 aromatic carbocycles. The molecule has 0 radical (unpaired) electrons. The lowest BCUT2D eigenvalue weighted by atomic mass is 9.40. The minimum absolute atomic E-state index is 0.0173. The van der Waals surface area contributed by atoms with Gasteiger partial charge >= 0.3 is 5.97 Å². The smallest absolute Gasteiger partial charge is 0.331 e. The van der Waals surface area contributed by atoms with Crippen LogP contribution in [0.15, 0.2) is 11.6 Å². The van der Waals surface area contributed by atoms with Crippen LogP contribution in [-0.2, 0) is 9.53 Å². The molecule has 0 aromatic rings. The summed E-state index contributed by atoms with van der Waals surface area (Å²) in [6.45, 7) is 1.64. The second-order valence-electron chi connectivity index (χ2n) is 11.0. The number of hydrogen-bond acceptors (Lipinski definition) is 8. The van der Waals surface area contributed by atoms with Crippen LogP contribution in [0, 0.1) is 28.6 Å². The SMILES string of the molecule is C[C@]12C[C@H](O)[C@H]3[C@@H](CC[C@@]4(O)C[C@@H](O)C[C@@H](O)[C@]34CO)[C@]1(O)CC[C@@H]2C1=CC(=O)OC1. The zero-order valence-electron chi connectivity index (χ0n) is 17.9. The van der Waals surface area contributed by atoms with Gasteiger partial charge in [-0.15, -0.1) is 0 Å².